The number of anilines is 1. The van der Waals surface area contributed by atoms with Crippen molar-refractivity contribution in [1.82, 2.24) is 14.5 Å². The zero-order valence-electron chi connectivity index (χ0n) is 15.4. The third kappa shape index (κ3) is 4.15. The maximum atomic E-state index is 12.9. The van der Waals surface area contributed by atoms with Crippen LogP contribution in [-0.4, -0.2) is 55.5 Å². The summed E-state index contributed by atoms with van der Waals surface area (Å²) in [6, 6.07) is 6.77. The highest BCUT2D eigenvalue weighted by Crippen LogP contribution is 2.32. The Kier molecular flexibility index (Phi) is 5.11. The van der Waals surface area contributed by atoms with E-state index in [1.54, 1.807) is 0 Å². The topological polar surface area (TPSA) is 75.6 Å². The van der Waals surface area contributed by atoms with Crippen molar-refractivity contribution >= 4 is 15.8 Å². The number of sulfonamides is 1. The highest BCUT2D eigenvalue weighted by Gasteiger charge is 2.36. The molecule has 4 rings (SSSR count). The molecule has 11 heteroatoms. The van der Waals surface area contributed by atoms with Gasteiger partial charge in [0.1, 0.15) is 10.6 Å². The van der Waals surface area contributed by atoms with Gasteiger partial charge in [-0.15, -0.1) is 18.3 Å². The van der Waals surface area contributed by atoms with Gasteiger partial charge in [0.2, 0.25) is 10.0 Å². The Morgan fingerprint density at radius 1 is 1.00 bits per heavy atom. The van der Waals surface area contributed by atoms with Gasteiger partial charge in [-0.2, -0.15) is 9.40 Å². The minimum atomic E-state index is -4.98. The Morgan fingerprint density at radius 2 is 1.72 bits per heavy atom. The second kappa shape index (κ2) is 7.45. The van der Waals surface area contributed by atoms with Crippen molar-refractivity contribution in [3.8, 4) is 5.75 Å². The van der Waals surface area contributed by atoms with E-state index in [1.807, 2.05) is 11.0 Å². The molecule has 2 aromatic rings. The highest BCUT2D eigenvalue weighted by atomic mass is 32.2. The molecule has 0 saturated carbocycles. The zero-order valence-corrected chi connectivity index (χ0v) is 16.2. The number of piperazine rings is 1. The number of alkyl halides is 3. The first-order valence-corrected chi connectivity index (χ1v) is 10.6. The number of aromatic nitrogens is 2. The van der Waals surface area contributed by atoms with E-state index < -0.39 is 27.0 Å². The Hall–Kier alpha value is -2.40. The largest absolute Gasteiger partial charge is 0.573 e. The summed E-state index contributed by atoms with van der Waals surface area (Å²) in [5.74, 6) is -0.0320. The van der Waals surface area contributed by atoms with Crippen LogP contribution in [0.4, 0.5) is 19.0 Å². The van der Waals surface area contributed by atoms with E-state index in [0.29, 0.717) is 18.9 Å². The van der Waals surface area contributed by atoms with Crippen molar-refractivity contribution in [2.45, 2.75) is 30.5 Å². The molecule has 0 unspecified atom stereocenters. The molecule has 0 radical (unpaired) electrons. The number of aryl methyl sites for hydroxylation is 2. The predicted octanol–water partition coefficient (Wildman–Crippen LogP) is 2.37. The van der Waals surface area contributed by atoms with E-state index in [2.05, 4.69) is 14.9 Å². The van der Waals surface area contributed by atoms with Gasteiger partial charge in [-0.1, -0.05) is 12.1 Å². The summed E-state index contributed by atoms with van der Waals surface area (Å²) in [5.41, 5.74) is 2.18. The Bertz CT molecular complexity index is 1010. The number of halogens is 3. The molecular weight excluding hydrogens is 409 g/mol. The van der Waals surface area contributed by atoms with E-state index in [1.165, 1.54) is 22.0 Å². The van der Waals surface area contributed by atoms with E-state index in [4.69, 9.17) is 0 Å². The van der Waals surface area contributed by atoms with Gasteiger partial charge in [-0.3, -0.25) is 0 Å². The second-order valence-corrected chi connectivity index (χ2v) is 8.82. The summed E-state index contributed by atoms with van der Waals surface area (Å²) in [6.07, 6.45) is -2.04. The van der Waals surface area contributed by atoms with Crippen LogP contribution in [0.1, 0.15) is 17.7 Å². The molecule has 1 aliphatic carbocycles. The van der Waals surface area contributed by atoms with Crippen LogP contribution in [0.3, 0.4) is 0 Å². The minimum Gasteiger partial charge on any atom is -0.404 e. The summed E-state index contributed by atoms with van der Waals surface area (Å²) in [4.78, 5) is 1.44. The average Bonchev–Trinajstić information content (AvgIpc) is 3.15. The SMILES string of the molecule is O=S(=O)(c1ccccc1OC(F)(F)F)N1CCN(c2cc3c(nn2)CCC3)CC1. The van der Waals surface area contributed by atoms with Crippen LogP contribution in [0.2, 0.25) is 0 Å². The summed E-state index contributed by atoms with van der Waals surface area (Å²) in [6.45, 7) is 0.993. The molecule has 1 saturated heterocycles. The molecule has 2 heterocycles. The van der Waals surface area contributed by atoms with Crippen LogP contribution in [0.15, 0.2) is 35.2 Å². The number of benzene rings is 1. The fourth-order valence-electron chi connectivity index (χ4n) is 3.64. The van der Waals surface area contributed by atoms with Crippen LogP contribution in [-0.2, 0) is 22.9 Å². The Labute approximate surface area is 166 Å². The molecule has 29 heavy (non-hydrogen) atoms. The van der Waals surface area contributed by atoms with E-state index in [-0.39, 0.29) is 13.1 Å². The molecule has 0 bridgehead atoms. The molecule has 1 aromatic carbocycles. The summed E-state index contributed by atoms with van der Waals surface area (Å²) >= 11 is 0. The Morgan fingerprint density at radius 3 is 2.45 bits per heavy atom. The van der Waals surface area contributed by atoms with Crippen LogP contribution in [0.5, 0.6) is 5.75 Å². The fourth-order valence-corrected chi connectivity index (χ4v) is 5.18. The molecular formula is C18H19F3N4O3S. The molecule has 2 aliphatic rings. The summed E-state index contributed by atoms with van der Waals surface area (Å²) < 4.78 is 68.8. The predicted molar refractivity (Wildman–Crippen MR) is 98.2 cm³/mol. The molecule has 0 N–H and O–H groups in total. The van der Waals surface area contributed by atoms with Gasteiger partial charge < -0.3 is 9.64 Å². The average molecular weight is 428 g/mol. The maximum absolute atomic E-state index is 12.9. The first-order chi connectivity index (χ1) is 13.7. The molecule has 156 valence electrons. The summed E-state index contributed by atoms with van der Waals surface area (Å²) in [5, 5.41) is 8.49. The van der Waals surface area contributed by atoms with Gasteiger partial charge in [-0.25, -0.2) is 8.42 Å². The van der Waals surface area contributed by atoms with Gasteiger partial charge in [0.05, 0.1) is 5.69 Å². The number of hydrogen-bond donors (Lipinski definition) is 0. The number of fused-ring (bicyclic) bond motifs is 1. The Balaban J connectivity index is 1.50. The third-order valence-electron chi connectivity index (χ3n) is 5.06. The normalized spacial score (nSPS) is 18.0. The zero-order chi connectivity index (χ0) is 20.6. The van der Waals surface area contributed by atoms with Crippen molar-refractivity contribution in [2.24, 2.45) is 0 Å². The molecule has 0 spiro atoms. The van der Waals surface area contributed by atoms with E-state index in [0.717, 1.165) is 37.1 Å². The van der Waals surface area contributed by atoms with Crippen molar-refractivity contribution in [2.75, 3.05) is 31.1 Å². The van der Waals surface area contributed by atoms with Gasteiger partial charge in [0.15, 0.2) is 5.82 Å². The first-order valence-electron chi connectivity index (χ1n) is 9.19. The molecule has 0 amide bonds. The van der Waals surface area contributed by atoms with Gasteiger partial charge in [-0.05, 0) is 43.0 Å². The van der Waals surface area contributed by atoms with E-state index in [9.17, 15) is 21.6 Å². The standard InChI is InChI=1S/C18H19F3N4O3S/c19-18(20,21)28-15-6-1-2-7-16(15)29(26,27)25-10-8-24(9-11-25)17-12-13-4-3-5-14(13)22-23-17/h1-2,6-7,12H,3-5,8-11H2. The quantitative estimate of drug-likeness (QED) is 0.745. The lowest BCUT2D eigenvalue weighted by molar-refractivity contribution is -0.275. The maximum Gasteiger partial charge on any atom is 0.573 e. The molecule has 1 fully saturated rings. The van der Waals surface area contributed by atoms with Crippen LogP contribution in [0.25, 0.3) is 0 Å². The van der Waals surface area contributed by atoms with Crippen molar-refractivity contribution in [3.63, 3.8) is 0 Å². The highest BCUT2D eigenvalue weighted by molar-refractivity contribution is 7.89. The van der Waals surface area contributed by atoms with Crippen molar-refractivity contribution in [1.29, 1.82) is 0 Å². The number of hydrogen-bond acceptors (Lipinski definition) is 6. The van der Waals surface area contributed by atoms with Crippen molar-refractivity contribution in [3.05, 3.63) is 41.6 Å². The van der Waals surface area contributed by atoms with Crippen LogP contribution in [0, 0.1) is 0 Å². The van der Waals surface area contributed by atoms with Crippen LogP contribution >= 0.6 is 0 Å². The lowest BCUT2D eigenvalue weighted by Crippen LogP contribution is -2.49. The molecule has 1 aliphatic heterocycles. The number of para-hydroxylation sites is 1. The lowest BCUT2D eigenvalue weighted by atomic mass is 10.2. The van der Waals surface area contributed by atoms with E-state index >= 15 is 0 Å². The second-order valence-electron chi connectivity index (χ2n) is 6.91. The number of ether oxygens (including phenoxy) is 1. The summed E-state index contributed by atoms with van der Waals surface area (Å²) in [7, 11) is -4.13. The number of rotatable bonds is 4. The first kappa shape index (κ1) is 19.9. The number of nitrogens with zero attached hydrogens (tertiary/aromatic N) is 4. The lowest BCUT2D eigenvalue weighted by Gasteiger charge is -2.34. The van der Waals surface area contributed by atoms with Gasteiger partial charge in [0.25, 0.3) is 0 Å². The minimum absolute atomic E-state index is 0.126. The van der Waals surface area contributed by atoms with Crippen molar-refractivity contribution < 1.29 is 26.3 Å². The molecule has 0 atom stereocenters. The fraction of sp³-hybridized carbons (Fsp3) is 0.444. The smallest absolute Gasteiger partial charge is 0.404 e. The third-order valence-corrected chi connectivity index (χ3v) is 7.00. The van der Waals surface area contributed by atoms with Crippen LogP contribution < -0.4 is 9.64 Å². The van der Waals surface area contributed by atoms with Gasteiger partial charge in [0, 0.05) is 26.2 Å². The monoisotopic (exact) mass is 428 g/mol. The molecule has 1 aromatic heterocycles. The van der Waals surface area contributed by atoms with Gasteiger partial charge >= 0.3 is 6.36 Å². The molecule has 7 nitrogen and oxygen atoms in total.